The smallest absolute Gasteiger partial charge is 0.143 e. The van der Waals surface area contributed by atoms with Gasteiger partial charge in [0.25, 0.3) is 0 Å². The summed E-state index contributed by atoms with van der Waals surface area (Å²) in [4.78, 5) is 8.17. The molecule has 4 heteroatoms. The summed E-state index contributed by atoms with van der Waals surface area (Å²) in [5.41, 5.74) is 2.76. The monoisotopic (exact) mass is 167 g/mol. The standard InChI is InChI=1S/C6H3N2S2/c1-2-10-6(7-1)5-3-9-4-8-5/h1,3-4H. The van der Waals surface area contributed by atoms with Crippen molar-refractivity contribution in [2.75, 3.05) is 0 Å². The summed E-state index contributed by atoms with van der Waals surface area (Å²) in [6.45, 7) is 0. The molecular weight excluding hydrogens is 164 g/mol. The first-order chi connectivity index (χ1) is 4.97. The Balaban J connectivity index is 2.48. The van der Waals surface area contributed by atoms with Gasteiger partial charge in [0.05, 0.1) is 10.9 Å². The molecule has 0 aliphatic heterocycles. The first kappa shape index (κ1) is 6.00. The number of nitrogens with zero attached hydrogens (tertiary/aromatic N) is 2. The Bertz CT molecular complexity index is 253. The highest BCUT2D eigenvalue weighted by molar-refractivity contribution is 7.13. The van der Waals surface area contributed by atoms with Crippen molar-refractivity contribution in [2.45, 2.75) is 0 Å². The van der Waals surface area contributed by atoms with Gasteiger partial charge in [0.1, 0.15) is 10.7 Å². The molecule has 49 valence electrons. The average Bonchev–Trinajstić information content (AvgIpc) is 2.59. The second-order valence-corrected chi connectivity index (χ2v) is 3.20. The molecule has 0 N–H and O–H groups in total. The van der Waals surface area contributed by atoms with Crippen LogP contribution in [0, 0.1) is 5.38 Å². The number of thiazole rings is 2. The van der Waals surface area contributed by atoms with E-state index >= 15 is 0 Å². The highest BCUT2D eigenvalue weighted by Gasteiger charge is 1.99. The normalized spacial score (nSPS) is 10.0. The Morgan fingerprint density at radius 1 is 1.40 bits per heavy atom. The lowest BCUT2D eigenvalue weighted by molar-refractivity contribution is 1.34. The van der Waals surface area contributed by atoms with Gasteiger partial charge in [0, 0.05) is 11.6 Å². The van der Waals surface area contributed by atoms with Crippen LogP contribution in [0.3, 0.4) is 0 Å². The SMILES string of the molecule is [c]1cnc(-c2cscn2)s1. The predicted molar refractivity (Wildman–Crippen MR) is 42.1 cm³/mol. The Labute approximate surface area is 66.2 Å². The molecule has 2 rings (SSSR count). The van der Waals surface area contributed by atoms with E-state index in [1.165, 1.54) is 11.3 Å². The third kappa shape index (κ3) is 0.955. The van der Waals surface area contributed by atoms with Gasteiger partial charge in [-0.3, -0.25) is 0 Å². The average molecular weight is 167 g/mol. The summed E-state index contributed by atoms with van der Waals surface area (Å²) in [5.74, 6) is 0. The topological polar surface area (TPSA) is 25.8 Å². The van der Waals surface area contributed by atoms with E-state index in [1.807, 2.05) is 5.38 Å². The van der Waals surface area contributed by atoms with Gasteiger partial charge in [-0.2, -0.15) is 0 Å². The maximum atomic E-state index is 4.11. The summed E-state index contributed by atoms with van der Waals surface area (Å²) < 4.78 is 0. The Morgan fingerprint density at radius 3 is 3.00 bits per heavy atom. The van der Waals surface area contributed by atoms with E-state index in [0.29, 0.717) is 0 Å². The quantitative estimate of drug-likeness (QED) is 0.649. The zero-order chi connectivity index (χ0) is 6.81. The van der Waals surface area contributed by atoms with Crippen LogP contribution in [0.15, 0.2) is 17.1 Å². The molecule has 0 aliphatic carbocycles. The minimum atomic E-state index is 0.946. The molecule has 0 saturated carbocycles. The summed E-state index contributed by atoms with van der Waals surface area (Å²) in [5, 5.41) is 5.84. The molecular formula is C6H3N2S2. The summed E-state index contributed by atoms with van der Waals surface area (Å²) in [6.07, 6.45) is 1.67. The van der Waals surface area contributed by atoms with Gasteiger partial charge >= 0.3 is 0 Å². The molecule has 2 nitrogen and oxygen atoms in total. The minimum Gasteiger partial charge on any atom is -0.242 e. The van der Waals surface area contributed by atoms with Crippen LogP contribution in [-0.2, 0) is 0 Å². The fraction of sp³-hybridized carbons (Fsp3) is 0. The van der Waals surface area contributed by atoms with Crippen molar-refractivity contribution in [2.24, 2.45) is 0 Å². The van der Waals surface area contributed by atoms with Crippen LogP contribution in [0.5, 0.6) is 0 Å². The van der Waals surface area contributed by atoms with Gasteiger partial charge in [-0.1, -0.05) is 0 Å². The van der Waals surface area contributed by atoms with Gasteiger partial charge in [0.2, 0.25) is 0 Å². The summed E-state index contributed by atoms with van der Waals surface area (Å²) in [7, 11) is 0. The molecule has 1 radical (unpaired) electrons. The molecule has 2 heterocycles. The molecule has 0 bridgehead atoms. The Morgan fingerprint density at radius 2 is 2.40 bits per heavy atom. The van der Waals surface area contributed by atoms with Crippen LogP contribution < -0.4 is 0 Å². The lowest BCUT2D eigenvalue weighted by Gasteiger charge is -1.82. The van der Waals surface area contributed by atoms with Crippen LogP contribution in [0.25, 0.3) is 10.7 Å². The first-order valence-corrected chi connectivity index (χ1v) is 4.43. The van der Waals surface area contributed by atoms with E-state index in [4.69, 9.17) is 0 Å². The van der Waals surface area contributed by atoms with Gasteiger partial charge in [-0.25, -0.2) is 9.97 Å². The van der Waals surface area contributed by atoms with E-state index < -0.39 is 0 Å². The van der Waals surface area contributed by atoms with Crippen molar-refractivity contribution in [3.63, 3.8) is 0 Å². The maximum Gasteiger partial charge on any atom is 0.143 e. The first-order valence-electron chi connectivity index (χ1n) is 2.67. The molecule has 0 unspecified atom stereocenters. The highest BCUT2D eigenvalue weighted by atomic mass is 32.1. The van der Waals surface area contributed by atoms with E-state index in [2.05, 4.69) is 15.3 Å². The minimum absolute atomic E-state index is 0.946. The lowest BCUT2D eigenvalue weighted by atomic mass is 10.5. The molecule has 0 aliphatic rings. The highest BCUT2D eigenvalue weighted by Crippen LogP contribution is 2.19. The predicted octanol–water partition coefficient (Wildman–Crippen LogP) is 2.07. The van der Waals surface area contributed by atoms with Crippen molar-refractivity contribution in [1.82, 2.24) is 9.97 Å². The van der Waals surface area contributed by atoms with E-state index in [9.17, 15) is 0 Å². The molecule has 0 atom stereocenters. The van der Waals surface area contributed by atoms with Crippen LogP contribution in [0.1, 0.15) is 0 Å². The number of hydrogen-bond acceptors (Lipinski definition) is 4. The largest absolute Gasteiger partial charge is 0.242 e. The van der Waals surface area contributed by atoms with E-state index in [0.717, 1.165) is 10.7 Å². The summed E-state index contributed by atoms with van der Waals surface area (Å²) in [6, 6.07) is 0. The van der Waals surface area contributed by atoms with Crippen molar-refractivity contribution in [3.05, 3.63) is 22.5 Å². The van der Waals surface area contributed by atoms with Crippen LogP contribution >= 0.6 is 22.7 Å². The van der Waals surface area contributed by atoms with Gasteiger partial charge in [-0.05, 0) is 0 Å². The molecule has 0 fully saturated rings. The zero-order valence-electron chi connectivity index (χ0n) is 4.94. The summed E-state index contributed by atoms with van der Waals surface area (Å²) >= 11 is 3.07. The third-order valence-electron chi connectivity index (χ3n) is 1.04. The van der Waals surface area contributed by atoms with Crippen LogP contribution in [0.2, 0.25) is 0 Å². The van der Waals surface area contributed by atoms with Crippen molar-refractivity contribution in [3.8, 4) is 10.7 Å². The molecule has 2 aromatic rings. The van der Waals surface area contributed by atoms with Crippen LogP contribution in [-0.4, -0.2) is 9.97 Å². The molecule has 0 amide bonds. The number of aromatic nitrogens is 2. The fourth-order valence-electron chi connectivity index (χ4n) is 0.630. The molecule has 0 spiro atoms. The number of rotatable bonds is 1. The third-order valence-corrected chi connectivity index (χ3v) is 2.36. The lowest BCUT2D eigenvalue weighted by Crippen LogP contribution is -1.70. The van der Waals surface area contributed by atoms with Gasteiger partial charge in [-0.15, -0.1) is 22.7 Å². The van der Waals surface area contributed by atoms with Gasteiger partial charge < -0.3 is 0 Å². The number of hydrogen-bond donors (Lipinski definition) is 0. The van der Waals surface area contributed by atoms with Crippen molar-refractivity contribution in [1.29, 1.82) is 0 Å². The molecule has 0 aromatic carbocycles. The Hall–Kier alpha value is -0.740. The Kier molecular flexibility index (Phi) is 1.49. The second kappa shape index (κ2) is 2.48. The zero-order valence-corrected chi connectivity index (χ0v) is 6.58. The maximum absolute atomic E-state index is 4.11. The van der Waals surface area contributed by atoms with Gasteiger partial charge in [0.15, 0.2) is 0 Å². The second-order valence-electron chi connectivity index (χ2n) is 1.66. The molecule has 10 heavy (non-hydrogen) atoms. The van der Waals surface area contributed by atoms with Crippen molar-refractivity contribution >= 4 is 22.7 Å². The van der Waals surface area contributed by atoms with E-state index in [-0.39, 0.29) is 0 Å². The molecule has 0 saturated heterocycles. The molecule has 2 aromatic heterocycles. The van der Waals surface area contributed by atoms with Crippen molar-refractivity contribution < 1.29 is 0 Å². The van der Waals surface area contributed by atoms with Crippen LogP contribution in [0.4, 0.5) is 0 Å². The fourth-order valence-corrected chi connectivity index (χ4v) is 1.78. The van der Waals surface area contributed by atoms with E-state index in [1.54, 1.807) is 23.0 Å².